The molecule has 86 valence electrons. The van der Waals surface area contributed by atoms with E-state index in [9.17, 15) is 9.18 Å². The number of rotatable bonds is 2. The van der Waals surface area contributed by atoms with Crippen molar-refractivity contribution in [3.8, 4) is 5.75 Å². The number of fused-ring (bicyclic) bond motifs is 1. The summed E-state index contributed by atoms with van der Waals surface area (Å²) in [7, 11) is 0. The SMILES string of the molecule is CC(C(=O)O)c1cc2c(cc1F)COCO2. The highest BCUT2D eigenvalue weighted by Crippen LogP contribution is 2.30. The maximum Gasteiger partial charge on any atom is 0.310 e. The van der Waals surface area contributed by atoms with Gasteiger partial charge >= 0.3 is 5.97 Å². The fourth-order valence-electron chi connectivity index (χ4n) is 1.58. The Balaban J connectivity index is 2.43. The average Bonchev–Trinajstić information content (AvgIpc) is 2.27. The Labute approximate surface area is 91.6 Å². The Hall–Kier alpha value is -1.62. The number of hydrogen-bond donors (Lipinski definition) is 1. The minimum atomic E-state index is -1.06. The van der Waals surface area contributed by atoms with Crippen molar-refractivity contribution in [3.63, 3.8) is 0 Å². The lowest BCUT2D eigenvalue weighted by Gasteiger charge is -2.19. The number of benzene rings is 1. The van der Waals surface area contributed by atoms with Crippen LogP contribution in [0.3, 0.4) is 0 Å². The third kappa shape index (κ3) is 1.86. The van der Waals surface area contributed by atoms with Gasteiger partial charge in [0.2, 0.25) is 0 Å². The minimum Gasteiger partial charge on any atom is -0.481 e. The highest BCUT2D eigenvalue weighted by Gasteiger charge is 2.22. The van der Waals surface area contributed by atoms with Gasteiger partial charge in [-0.1, -0.05) is 0 Å². The molecule has 1 heterocycles. The van der Waals surface area contributed by atoms with Gasteiger partial charge in [-0.2, -0.15) is 0 Å². The Bertz CT molecular complexity index is 430. The molecule has 16 heavy (non-hydrogen) atoms. The average molecular weight is 226 g/mol. The molecule has 4 nitrogen and oxygen atoms in total. The zero-order chi connectivity index (χ0) is 11.7. The molecule has 1 aliphatic heterocycles. The van der Waals surface area contributed by atoms with E-state index in [-0.39, 0.29) is 19.0 Å². The maximum atomic E-state index is 13.6. The second-order valence-electron chi connectivity index (χ2n) is 3.65. The molecular formula is C11H11FO4. The predicted molar refractivity (Wildman–Crippen MR) is 52.7 cm³/mol. The fraction of sp³-hybridized carbons (Fsp3) is 0.364. The van der Waals surface area contributed by atoms with Crippen LogP contribution < -0.4 is 4.74 Å². The van der Waals surface area contributed by atoms with Gasteiger partial charge < -0.3 is 14.6 Å². The number of aliphatic carboxylic acids is 1. The molecule has 0 radical (unpaired) electrons. The molecule has 0 bridgehead atoms. The molecule has 1 aromatic carbocycles. The van der Waals surface area contributed by atoms with E-state index in [1.807, 2.05) is 0 Å². The zero-order valence-electron chi connectivity index (χ0n) is 8.70. The van der Waals surface area contributed by atoms with Gasteiger partial charge in [0, 0.05) is 11.1 Å². The molecule has 0 fully saturated rings. The number of halogens is 1. The van der Waals surface area contributed by atoms with E-state index in [1.165, 1.54) is 19.1 Å². The van der Waals surface area contributed by atoms with Crippen molar-refractivity contribution in [1.29, 1.82) is 0 Å². The highest BCUT2D eigenvalue weighted by molar-refractivity contribution is 5.75. The Morgan fingerprint density at radius 1 is 1.56 bits per heavy atom. The largest absolute Gasteiger partial charge is 0.481 e. The van der Waals surface area contributed by atoms with Crippen LogP contribution in [0.5, 0.6) is 5.75 Å². The molecule has 2 rings (SSSR count). The van der Waals surface area contributed by atoms with Gasteiger partial charge in [0.15, 0.2) is 6.79 Å². The van der Waals surface area contributed by atoms with Crippen LogP contribution in [0.25, 0.3) is 0 Å². The summed E-state index contributed by atoms with van der Waals surface area (Å²) in [6.07, 6.45) is 0. The minimum absolute atomic E-state index is 0.111. The van der Waals surface area contributed by atoms with Gasteiger partial charge in [0.1, 0.15) is 11.6 Å². The summed E-state index contributed by atoms with van der Waals surface area (Å²) in [5.74, 6) is -2.00. The summed E-state index contributed by atoms with van der Waals surface area (Å²) in [5, 5.41) is 8.83. The molecule has 1 aliphatic rings. The van der Waals surface area contributed by atoms with Gasteiger partial charge in [0.25, 0.3) is 0 Å². The molecule has 0 aliphatic carbocycles. The first-order chi connectivity index (χ1) is 7.59. The lowest BCUT2D eigenvalue weighted by molar-refractivity contribution is -0.138. The van der Waals surface area contributed by atoms with E-state index in [0.29, 0.717) is 11.3 Å². The number of carboxylic acids is 1. The monoisotopic (exact) mass is 226 g/mol. The summed E-state index contributed by atoms with van der Waals surface area (Å²) in [6.45, 7) is 1.83. The van der Waals surface area contributed by atoms with Crippen molar-refractivity contribution in [2.45, 2.75) is 19.4 Å². The summed E-state index contributed by atoms with van der Waals surface area (Å²) >= 11 is 0. The van der Waals surface area contributed by atoms with E-state index in [2.05, 4.69) is 0 Å². The lowest BCUT2D eigenvalue weighted by Crippen LogP contribution is -2.15. The second kappa shape index (κ2) is 4.09. The van der Waals surface area contributed by atoms with E-state index in [0.717, 1.165) is 0 Å². The standard InChI is InChI=1S/C11H11FO4/c1-6(11(13)14)8-3-10-7(2-9(8)12)4-15-5-16-10/h2-3,6H,4-5H2,1H3,(H,13,14). The van der Waals surface area contributed by atoms with Gasteiger partial charge in [-0.3, -0.25) is 4.79 Å². The first kappa shape index (κ1) is 10.9. The third-order valence-corrected chi connectivity index (χ3v) is 2.57. The molecule has 1 atom stereocenters. The zero-order valence-corrected chi connectivity index (χ0v) is 8.70. The third-order valence-electron chi connectivity index (χ3n) is 2.57. The van der Waals surface area contributed by atoms with Crippen molar-refractivity contribution in [2.75, 3.05) is 6.79 Å². The Morgan fingerprint density at radius 2 is 2.31 bits per heavy atom. The van der Waals surface area contributed by atoms with Crippen molar-refractivity contribution >= 4 is 5.97 Å². The van der Waals surface area contributed by atoms with E-state index in [1.54, 1.807) is 0 Å². The molecule has 0 amide bonds. The number of carbonyl (C=O) groups is 1. The van der Waals surface area contributed by atoms with Crippen LogP contribution in [0.1, 0.15) is 24.0 Å². The molecule has 0 spiro atoms. The molecule has 1 unspecified atom stereocenters. The Kier molecular flexibility index (Phi) is 2.78. The van der Waals surface area contributed by atoms with Crippen molar-refractivity contribution in [2.24, 2.45) is 0 Å². The summed E-state index contributed by atoms with van der Waals surface area (Å²) < 4.78 is 23.8. The van der Waals surface area contributed by atoms with Crippen molar-refractivity contribution in [1.82, 2.24) is 0 Å². The van der Waals surface area contributed by atoms with E-state index >= 15 is 0 Å². The van der Waals surface area contributed by atoms with Gasteiger partial charge in [-0.05, 0) is 19.1 Å². The highest BCUT2D eigenvalue weighted by atomic mass is 19.1. The number of ether oxygens (including phenoxy) is 2. The van der Waals surface area contributed by atoms with Crippen molar-refractivity contribution in [3.05, 3.63) is 29.1 Å². The molecular weight excluding hydrogens is 215 g/mol. The first-order valence-electron chi connectivity index (χ1n) is 4.85. The fourth-order valence-corrected chi connectivity index (χ4v) is 1.58. The van der Waals surface area contributed by atoms with Crippen molar-refractivity contribution < 1.29 is 23.8 Å². The topological polar surface area (TPSA) is 55.8 Å². The molecule has 0 aromatic heterocycles. The van der Waals surface area contributed by atoms with Crippen LogP contribution in [0, 0.1) is 5.82 Å². The van der Waals surface area contributed by atoms with Gasteiger partial charge in [-0.25, -0.2) is 4.39 Å². The number of hydrogen-bond acceptors (Lipinski definition) is 3. The quantitative estimate of drug-likeness (QED) is 0.836. The molecule has 1 N–H and O–H groups in total. The lowest BCUT2D eigenvalue weighted by atomic mass is 9.98. The summed E-state index contributed by atoms with van der Waals surface area (Å²) in [5.41, 5.74) is 0.734. The maximum absolute atomic E-state index is 13.6. The van der Waals surface area contributed by atoms with Crippen LogP contribution in [-0.4, -0.2) is 17.9 Å². The van der Waals surface area contributed by atoms with E-state index in [4.69, 9.17) is 14.6 Å². The van der Waals surface area contributed by atoms with Gasteiger partial charge in [0.05, 0.1) is 12.5 Å². The smallest absolute Gasteiger partial charge is 0.310 e. The first-order valence-corrected chi connectivity index (χ1v) is 4.85. The molecule has 0 saturated carbocycles. The van der Waals surface area contributed by atoms with Crippen LogP contribution in [0.4, 0.5) is 4.39 Å². The normalized spacial score (nSPS) is 16.1. The van der Waals surface area contributed by atoms with E-state index < -0.39 is 17.7 Å². The van der Waals surface area contributed by atoms with Crippen LogP contribution in [0.15, 0.2) is 12.1 Å². The molecule has 1 aromatic rings. The number of carboxylic acid groups (broad SMARTS) is 1. The summed E-state index contributed by atoms with van der Waals surface area (Å²) in [6, 6.07) is 2.70. The molecule has 5 heteroatoms. The van der Waals surface area contributed by atoms with Crippen LogP contribution in [0.2, 0.25) is 0 Å². The van der Waals surface area contributed by atoms with Gasteiger partial charge in [-0.15, -0.1) is 0 Å². The summed E-state index contributed by atoms with van der Waals surface area (Å²) in [4.78, 5) is 10.8. The van der Waals surface area contributed by atoms with Crippen LogP contribution in [-0.2, 0) is 16.1 Å². The van der Waals surface area contributed by atoms with Crippen LogP contribution >= 0.6 is 0 Å². The second-order valence-corrected chi connectivity index (χ2v) is 3.65. The Morgan fingerprint density at radius 3 is 3.00 bits per heavy atom. The predicted octanol–water partition coefficient (Wildman–Crippen LogP) is 1.88. The molecule has 0 saturated heterocycles.